The van der Waals surface area contributed by atoms with Crippen LogP contribution in [0.5, 0.6) is 0 Å². The monoisotopic (exact) mass is 281 g/mol. The van der Waals surface area contributed by atoms with Gasteiger partial charge >= 0.3 is 0 Å². The molecule has 0 aromatic carbocycles. The van der Waals surface area contributed by atoms with Gasteiger partial charge in [-0.3, -0.25) is 4.90 Å². The number of hydrogen-bond acceptors (Lipinski definition) is 3. The van der Waals surface area contributed by atoms with E-state index >= 15 is 0 Å². The van der Waals surface area contributed by atoms with E-state index < -0.39 is 0 Å². The molecule has 116 valence electrons. The van der Waals surface area contributed by atoms with E-state index in [1.807, 2.05) is 6.92 Å². The Balaban J connectivity index is 1.66. The van der Waals surface area contributed by atoms with E-state index in [9.17, 15) is 5.11 Å². The molecule has 20 heavy (non-hydrogen) atoms. The minimum atomic E-state index is -0.166. The largest absolute Gasteiger partial charge is 0.393 e. The van der Waals surface area contributed by atoms with Crippen LogP contribution < -0.4 is 0 Å². The number of hydrogen-bond donors (Lipinski definition) is 1. The Morgan fingerprint density at radius 3 is 2.75 bits per heavy atom. The lowest BCUT2D eigenvalue weighted by Gasteiger charge is -2.47. The smallest absolute Gasteiger partial charge is 0.0697 e. The molecule has 3 nitrogen and oxygen atoms in total. The van der Waals surface area contributed by atoms with Crippen LogP contribution in [-0.2, 0) is 4.74 Å². The highest BCUT2D eigenvalue weighted by Crippen LogP contribution is 2.42. The Morgan fingerprint density at radius 1 is 1.20 bits per heavy atom. The second-order valence-corrected chi connectivity index (χ2v) is 7.36. The first-order chi connectivity index (χ1) is 9.69. The van der Waals surface area contributed by atoms with E-state index in [0.717, 1.165) is 13.0 Å². The molecule has 3 heteroatoms. The topological polar surface area (TPSA) is 32.7 Å². The Hall–Kier alpha value is -0.120. The van der Waals surface area contributed by atoms with E-state index in [0.29, 0.717) is 12.1 Å². The molecule has 0 aromatic rings. The van der Waals surface area contributed by atoms with Crippen molar-refractivity contribution in [1.82, 2.24) is 4.90 Å². The minimum Gasteiger partial charge on any atom is -0.393 e. The van der Waals surface area contributed by atoms with Crippen LogP contribution in [0, 0.1) is 0 Å². The first-order valence-corrected chi connectivity index (χ1v) is 8.76. The van der Waals surface area contributed by atoms with Gasteiger partial charge in [0.05, 0.1) is 11.7 Å². The second kappa shape index (κ2) is 6.33. The molecule has 2 aliphatic heterocycles. The van der Waals surface area contributed by atoms with Crippen molar-refractivity contribution in [2.75, 3.05) is 13.2 Å². The van der Waals surface area contributed by atoms with Crippen LogP contribution in [0.25, 0.3) is 0 Å². The molecule has 1 saturated carbocycles. The van der Waals surface area contributed by atoms with Gasteiger partial charge in [-0.1, -0.05) is 19.3 Å². The highest BCUT2D eigenvalue weighted by molar-refractivity contribution is 4.96. The van der Waals surface area contributed by atoms with E-state index in [4.69, 9.17) is 4.74 Å². The van der Waals surface area contributed by atoms with Gasteiger partial charge in [-0.25, -0.2) is 0 Å². The van der Waals surface area contributed by atoms with E-state index in [2.05, 4.69) is 4.90 Å². The summed E-state index contributed by atoms with van der Waals surface area (Å²) in [5.74, 6) is 0. The third-order valence-corrected chi connectivity index (χ3v) is 5.74. The van der Waals surface area contributed by atoms with Crippen LogP contribution in [0.1, 0.15) is 71.1 Å². The number of likely N-dealkylation sites (tertiary alicyclic amines) is 1. The van der Waals surface area contributed by atoms with Crippen LogP contribution >= 0.6 is 0 Å². The van der Waals surface area contributed by atoms with Crippen molar-refractivity contribution >= 4 is 0 Å². The number of rotatable bonds is 3. The van der Waals surface area contributed by atoms with Gasteiger partial charge in [-0.05, 0) is 58.4 Å². The maximum Gasteiger partial charge on any atom is 0.0697 e. The lowest BCUT2D eigenvalue weighted by atomic mass is 9.85. The average Bonchev–Trinajstić information content (AvgIpc) is 2.87. The summed E-state index contributed by atoms with van der Waals surface area (Å²) in [6.45, 7) is 4.12. The normalized spacial score (nSPS) is 36.3. The second-order valence-electron chi connectivity index (χ2n) is 7.36. The molecule has 1 N–H and O–H groups in total. The summed E-state index contributed by atoms with van der Waals surface area (Å²) in [4.78, 5) is 2.73. The average molecular weight is 281 g/mol. The zero-order valence-corrected chi connectivity index (χ0v) is 13.0. The summed E-state index contributed by atoms with van der Waals surface area (Å²) in [5.41, 5.74) is 0.218. The fraction of sp³-hybridized carbons (Fsp3) is 1.00. The summed E-state index contributed by atoms with van der Waals surface area (Å²) < 4.78 is 6.19. The molecular weight excluding hydrogens is 250 g/mol. The van der Waals surface area contributed by atoms with E-state index in [1.165, 1.54) is 64.3 Å². The molecule has 0 aromatic heterocycles. The van der Waals surface area contributed by atoms with Crippen molar-refractivity contribution < 1.29 is 9.84 Å². The standard InChI is InChI=1S/C17H31NO2/c1-14(19)12-15-6-2-5-10-18(15)16-7-11-20-17(13-16)8-3-4-9-17/h14-16,19H,2-13H2,1H3. The van der Waals surface area contributed by atoms with Gasteiger partial charge < -0.3 is 9.84 Å². The zero-order valence-electron chi connectivity index (χ0n) is 13.0. The molecule has 2 heterocycles. The number of piperidine rings is 1. The van der Waals surface area contributed by atoms with Gasteiger partial charge in [0.15, 0.2) is 0 Å². The highest BCUT2D eigenvalue weighted by atomic mass is 16.5. The molecule has 3 rings (SSSR count). The van der Waals surface area contributed by atoms with Gasteiger partial charge in [0.1, 0.15) is 0 Å². The molecule has 0 amide bonds. The van der Waals surface area contributed by atoms with Gasteiger partial charge in [0.2, 0.25) is 0 Å². The molecular formula is C17H31NO2. The van der Waals surface area contributed by atoms with Crippen molar-refractivity contribution in [2.45, 2.75) is 94.9 Å². The summed E-state index contributed by atoms with van der Waals surface area (Å²) in [6, 6.07) is 1.30. The summed E-state index contributed by atoms with van der Waals surface area (Å²) >= 11 is 0. The molecule has 3 aliphatic rings. The first-order valence-electron chi connectivity index (χ1n) is 8.76. The summed E-state index contributed by atoms with van der Waals surface area (Å²) in [7, 11) is 0. The molecule has 3 atom stereocenters. The Kier molecular flexibility index (Phi) is 4.68. The van der Waals surface area contributed by atoms with Crippen molar-refractivity contribution in [3.05, 3.63) is 0 Å². The summed E-state index contributed by atoms with van der Waals surface area (Å²) in [6.07, 6.45) is 12.4. The Labute approximate surface area is 123 Å². The molecule has 0 bridgehead atoms. The van der Waals surface area contributed by atoms with Crippen LogP contribution in [-0.4, -0.2) is 46.9 Å². The van der Waals surface area contributed by atoms with Crippen molar-refractivity contribution in [2.24, 2.45) is 0 Å². The van der Waals surface area contributed by atoms with Crippen LogP contribution in [0.2, 0.25) is 0 Å². The fourth-order valence-electron chi connectivity index (χ4n) is 4.80. The molecule has 1 spiro atoms. The molecule has 0 radical (unpaired) electrons. The molecule has 2 saturated heterocycles. The third kappa shape index (κ3) is 3.20. The number of nitrogens with zero attached hydrogens (tertiary/aromatic N) is 1. The predicted octanol–water partition coefficient (Wildman–Crippen LogP) is 3.10. The lowest BCUT2D eigenvalue weighted by Crippen LogP contribution is -2.53. The highest BCUT2D eigenvalue weighted by Gasteiger charge is 2.42. The molecule has 1 aliphatic carbocycles. The SMILES string of the molecule is CC(O)CC1CCCCN1C1CCOC2(CCCC2)C1. The summed E-state index contributed by atoms with van der Waals surface area (Å²) in [5, 5.41) is 9.77. The number of ether oxygens (including phenoxy) is 1. The lowest BCUT2D eigenvalue weighted by molar-refractivity contribution is -0.111. The molecule has 3 fully saturated rings. The predicted molar refractivity (Wildman–Crippen MR) is 80.8 cm³/mol. The van der Waals surface area contributed by atoms with Crippen LogP contribution in [0.3, 0.4) is 0 Å². The van der Waals surface area contributed by atoms with Crippen molar-refractivity contribution in [3.8, 4) is 0 Å². The first kappa shape index (κ1) is 14.8. The van der Waals surface area contributed by atoms with Gasteiger partial charge in [-0.2, -0.15) is 0 Å². The van der Waals surface area contributed by atoms with Gasteiger partial charge in [0, 0.05) is 18.7 Å². The van der Waals surface area contributed by atoms with E-state index in [-0.39, 0.29) is 11.7 Å². The minimum absolute atomic E-state index is 0.166. The quantitative estimate of drug-likeness (QED) is 0.863. The number of aliphatic hydroxyl groups excluding tert-OH is 1. The maximum atomic E-state index is 9.77. The number of aliphatic hydroxyl groups is 1. The Morgan fingerprint density at radius 2 is 2.00 bits per heavy atom. The van der Waals surface area contributed by atoms with Crippen molar-refractivity contribution in [1.29, 1.82) is 0 Å². The molecule has 3 unspecified atom stereocenters. The van der Waals surface area contributed by atoms with Gasteiger partial charge in [0.25, 0.3) is 0 Å². The zero-order chi connectivity index (χ0) is 14.0. The van der Waals surface area contributed by atoms with E-state index in [1.54, 1.807) is 0 Å². The van der Waals surface area contributed by atoms with Crippen molar-refractivity contribution in [3.63, 3.8) is 0 Å². The Bertz CT molecular complexity index is 312. The van der Waals surface area contributed by atoms with Crippen LogP contribution in [0.4, 0.5) is 0 Å². The van der Waals surface area contributed by atoms with Crippen LogP contribution in [0.15, 0.2) is 0 Å². The maximum absolute atomic E-state index is 9.77. The fourth-order valence-corrected chi connectivity index (χ4v) is 4.80. The van der Waals surface area contributed by atoms with Gasteiger partial charge in [-0.15, -0.1) is 0 Å². The third-order valence-electron chi connectivity index (χ3n) is 5.74.